The molecule has 0 N–H and O–H groups in total. The molecule has 0 aliphatic carbocycles. The maximum Gasteiger partial charge on any atom is 0.225 e. The van der Waals surface area contributed by atoms with Crippen molar-refractivity contribution in [1.29, 1.82) is 0 Å². The Bertz CT molecular complexity index is 828. The van der Waals surface area contributed by atoms with Crippen molar-refractivity contribution in [2.45, 2.75) is 32.7 Å². The molecular formula is C17H18N6O. The Morgan fingerprint density at radius 2 is 1.96 bits per heavy atom. The van der Waals surface area contributed by atoms with Gasteiger partial charge in [-0.2, -0.15) is 0 Å². The molecular weight excluding hydrogens is 304 g/mol. The van der Waals surface area contributed by atoms with E-state index in [1.807, 2.05) is 26.0 Å². The number of aryl methyl sites for hydroxylation is 2. The quantitative estimate of drug-likeness (QED) is 0.733. The zero-order chi connectivity index (χ0) is 16.5. The molecule has 122 valence electrons. The fraction of sp³-hybridized carbons (Fsp3) is 0.353. The van der Waals surface area contributed by atoms with Gasteiger partial charge in [0.25, 0.3) is 0 Å². The van der Waals surface area contributed by atoms with Gasteiger partial charge >= 0.3 is 0 Å². The van der Waals surface area contributed by atoms with Crippen molar-refractivity contribution in [3.05, 3.63) is 47.9 Å². The van der Waals surface area contributed by atoms with Gasteiger partial charge in [-0.05, 0) is 38.8 Å². The number of aromatic nitrogens is 5. The molecule has 4 heterocycles. The summed E-state index contributed by atoms with van der Waals surface area (Å²) in [5, 5.41) is 4.00. The van der Waals surface area contributed by atoms with E-state index in [1.54, 1.807) is 18.6 Å². The molecule has 0 spiro atoms. The molecule has 0 amide bonds. The molecule has 0 radical (unpaired) electrons. The molecule has 1 fully saturated rings. The first-order valence-electron chi connectivity index (χ1n) is 8.04. The Morgan fingerprint density at radius 1 is 1.12 bits per heavy atom. The van der Waals surface area contributed by atoms with Crippen LogP contribution in [-0.4, -0.2) is 31.6 Å². The summed E-state index contributed by atoms with van der Waals surface area (Å²) in [6, 6.07) is 3.96. The van der Waals surface area contributed by atoms with E-state index in [2.05, 4.69) is 25.0 Å². The van der Waals surface area contributed by atoms with Crippen molar-refractivity contribution in [3.8, 4) is 11.4 Å². The molecule has 7 nitrogen and oxygen atoms in total. The second-order valence-corrected chi connectivity index (χ2v) is 5.90. The van der Waals surface area contributed by atoms with Gasteiger partial charge in [0.15, 0.2) is 5.82 Å². The van der Waals surface area contributed by atoms with Gasteiger partial charge in [0.1, 0.15) is 5.76 Å². The van der Waals surface area contributed by atoms with E-state index in [0.29, 0.717) is 5.82 Å². The van der Waals surface area contributed by atoms with E-state index in [0.717, 1.165) is 48.0 Å². The Hall–Kier alpha value is -2.83. The van der Waals surface area contributed by atoms with Crippen LogP contribution in [0.25, 0.3) is 11.4 Å². The predicted molar refractivity (Wildman–Crippen MR) is 88.4 cm³/mol. The average molecular weight is 322 g/mol. The summed E-state index contributed by atoms with van der Waals surface area (Å²) in [5.41, 5.74) is 2.65. The Labute approximate surface area is 139 Å². The van der Waals surface area contributed by atoms with E-state index in [9.17, 15) is 0 Å². The van der Waals surface area contributed by atoms with Crippen LogP contribution in [0.1, 0.15) is 36.0 Å². The van der Waals surface area contributed by atoms with E-state index in [4.69, 9.17) is 9.51 Å². The average Bonchev–Trinajstić information content (AvgIpc) is 3.23. The van der Waals surface area contributed by atoms with Crippen LogP contribution >= 0.6 is 0 Å². The molecule has 4 rings (SSSR count). The maximum atomic E-state index is 5.25. The zero-order valence-corrected chi connectivity index (χ0v) is 13.7. The van der Waals surface area contributed by atoms with Gasteiger partial charge in [0.05, 0.1) is 23.0 Å². The summed E-state index contributed by atoms with van der Waals surface area (Å²) in [4.78, 5) is 20.2. The van der Waals surface area contributed by atoms with Gasteiger partial charge in [-0.1, -0.05) is 5.16 Å². The highest BCUT2D eigenvalue weighted by atomic mass is 16.5. The highest BCUT2D eigenvalue weighted by Crippen LogP contribution is 2.34. The molecule has 1 aliphatic rings. The summed E-state index contributed by atoms with van der Waals surface area (Å²) >= 11 is 0. The SMILES string of the molecule is Cc1noc(C)c1-c1nccc([C@H]2CCCN2c2ncccn2)n1. The van der Waals surface area contributed by atoms with E-state index in [-0.39, 0.29) is 6.04 Å². The van der Waals surface area contributed by atoms with Crippen molar-refractivity contribution in [2.24, 2.45) is 0 Å². The van der Waals surface area contributed by atoms with Crippen LogP contribution in [0, 0.1) is 13.8 Å². The van der Waals surface area contributed by atoms with E-state index >= 15 is 0 Å². The molecule has 7 heteroatoms. The number of hydrogen-bond donors (Lipinski definition) is 0. The van der Waals surface area contributed by atoms with Crippen LogP contribution in [0.2, 0.25) is 0 Å². The van der Waals surface area contributed by atoms with Crippen molar-refractivity contribution >= 4 is 5.95 Å². The fourth-order valence-electron chi connectivity index (χ4n) is 3.23. The van der Waals surface area contributed by atoms with Gasteiger partial charge in [-0.25, -0.2) is 19.9 Å². The molecule has 0 bridgehead atoms. The summed E-state index contributed by atoms with van der Waals surface area (Å²) in [6.07, 6.45) is 7.45. The second kappa shape index (κ2) is 5.99. The normalized spacial score (nSPS) is 17.4. The van der Waals surface area contributed by atoms with Gasteiger partial charge in [-0.15, -0.1) is 0 Å². The lowest BCUT2D eigenvalue weighted by Crippen LogP contribution is -2.25. The minimum Gasteiger partial charge on any atom is -0.361 e. The number of nitrogens with zero attached hydrogens (tertiary/aromatic N) is 6. The lowest BCUT2D eigenvalue weighted by Gasteiger charge is -2.24. The number of hydrogen-bond acceptors (Lipinski definition) is 7. The monoisotopic (exact) mass is 322 g/mol. The van der Waals surface area contributed by atoms with Crippen molar-refractivity contribution in [3.63, 3.8) is 0 Å². The molecule has 0 unspecified atom stereocenters. The largest absolute Gasteiger partial charge is 0.361 e. The van der Waals surface area contributed by atoms with E-state index < -0.39 is 0 Å². The van der Waals surface area contributed by atoms with Gasteiger partial charge < -0.3 is 9.42 Å². The topological polar surface area (TPSA) is 80.8 Å². The minimum atomic E-state index is 0.162. The molecule has 3 aromatic rings. The first kappa shape index (κ1) is 14.7. The summed E-state index contributed by atoms with van der Waals surface area (Å²) in [5.74, 6) is 2.14. The Balaban J connectivity index is 1.71. The number of anilines is 1. The molecule has 0 saturated carbocycles. The Kier molecular flexibility index (Phi) is 3.68. The van der Waals surface area contributed by atoms with Gasteiger partial charge in [-0.3, -0.25) is 0 Å². The van der Waals surface area contributed by atoms with Crippen molar-refractivity contribution in [2.75, 3.05) is 11.4 Å². The third-order valence-corrected chi connectivity index (χ3v) is 4.34. The van der Waals surface area contributed by atoms with Gasteiger partial charge in [0.2, 0.25) is 5.95 Å². The predicted octanol–water partition coefficient (Wildman–Crippen LogP) is 2.88. The Morgan fingerprint density at radius 3 is 2.71 bits per heavy atom. The van der Waals surface area contributed by atoms with Crippen LogP contribution in [0.4, 0.5) is 5.95 Å². The lowest BCUT2D eigenvalue weighted by atomic mass is 10.1. The lowest BCUT2D eigenvalue weighted by molar-refractivity contribution is 0.393. The summed E-state index contributed by atoms with van der Waals surface area (Å²) in [7, 11) is 0. The molecule has 1 atom stereocenters. The maximum absolute atomic E-state index is 5.25. The smallest absolute Gasteiger partial charge is 0.225 e. The molecule has 1 aliphatic heterocycles. The minimum absolute atomic E-state index is 0.162. The first-order valence-corrected chi connectivity index (χ1v) is 8.04. The van der Waals surface area contributed by atoms with Crippen LogP contribution in [0.5, 0.6) is 0 Å². The van der Waals surface area contributed by atoms with Crippen molar-refractivity contribution in [1.82, 2.24) is 25.1 Å². The molecule has 3 aromatic heterocycles. The highest BCUT2D eigenvalue weighted by Gasteiger charge is 2.29. The first-order chi connectivity index (χ1) is 11.7. The molecule has 24 heavy (non-hydrogen) atoms. The fourth-order valence-corrected chi connectivity index (χ4v) is 3.23. The van der Waals surface area contributed by atoms with Crippen molar-refractivity contribution < 1.29 is 4.52 Å². The third-order valence-electron chi connectivity index (χ3n) is 4.34. The van der Waals surface area contributed by atoms with Crippen LogP contribution in [0.15, 0.2) is 35.2 Å². The van der Waals surface area contributed by atoms with E-state index in [1.165, 1.54) is 0 Å². The second-order valence-electron chi connectivity index (χ2n) is 5.90. The molecule has 0 aromatic carbocycles. The van der Waals surface area contributed by atoms with Crippen LogP contribution in [0.3, 0.4) is 0 Å². The zero-order valence-electron chi connectivity index (χ0n) is 13.7. The standard InChI is InChI=1S/C17H18N6O/c1-11-15(12(2)24-22-11)16-18-9-6-13(21-16)14-5-3-10-23(14)17-19-7-4-8-20-17/h4,6-9,14H,3,5,10H2,1-2H3/t14-/m1/s1. The number of rotatable bonds is 3. The highest BCUT2D eigenvalue weighted by molar-refractivity contribution is 5.60. The van der Waals surface area contributed by atoms with Crippen LogP contribution < -0.4 is 4.90 Å². The van der Waals surface area contributed by atoms with Crippen LogP contribution in [-0.2, 0) is 0 Å². The molecule has 1 saturated heterocycles. The summed E-state index contributed by atoms with van der Waals surface area (Å²) in [6.45, 7) is 4.71. The van der Waals surface area contributed by atoms with Gasteiger partial charge in [0, 0.05) is 25.1 Å². The third kappa shape index (κ3) is 2.51. The summed E-state index contributed by atoms with van der Waals surface area (Å²) < 4.78 is 5.25.